The molecule has 2 aromatic rings. The molecule has 4 rings (SSSR count). The minimum atomic E-state index is -3.57. The van der Waals surface area contributed by atoms with Crippen LogP contribution in [0, 0.1) is 0 Å². The molecule has 2 amide bonds. The second kappa shape index (κ2) is 9.76. The van der Waals surface area contributed by atoms with Crippen molar-refractivity contribution < 1.29 is 22.7 Å². The van der Waals surface area contributed by atoms with E-state index in [-0.39, 0.29) is 29.2 Å². The summed E-state index contributed by atoms with van der Waals surface area (Å²) in [5, 5.41) is 2.91. The largest absolute Gasteiger partial charge is 0.491 e. The molecule has 0 bridgehead atoms. The number of amides is 2. The molecule has 1 saturated heterocycles. The van der Waals surface area contributed by atoms with Gasteiger partial charge in [0.1, 0.15) is 11.8 Å². The molecule has 0 aliphatic carbocycles. The standard InChI is InChI=1S/C25H31N3O5S/c1-17(2)33-21-8-6-19(7-9-21)16-26-25(30)24-15-20-14-22(10-11-23(20)28(24)18(3)29)34(31,32)27-12-4-5-13-27/h6-11,14,17,24H,4-5,12-13,15-16H2,1-3H3,(H,26,30)/t24-/m0/s1. The molecule has 2 heterocycles. The van der Waals surface area contributed by atoms with Crippen LogP contribution in [-0.2, 0) is 32.6 Å². The molecular formula is C25H31N3O5S. The van der Waals surface area contributed by atoms with Crippen LogP contribution >= 0.6 is 0 Å². The Morgan fingerprint density at radius 3 is 2.38 bits per heavy atom. The molecule has 2 aliphatic heterocycles. The maximum atomic E-state index is 13.0. The number of ether oxygens (including phenoxy) is 1. The summed E-state index contributed by atoms with van der Waals surface area (Å²) in [7, 11) is -3.57. The van der Waals surface area contributed by atoms with E-state index < -0.39 is 16.1 Å². The predicted molar refractivity (Wildman–Crippen MR) is 129 cm³/mol. The van der Waals surface area contributed by atoms with Crippen molar-refractivity contribution in [3.05, 3.63) is 53.6 Å². The number of fused-ring (bicyclic) bond motifs is 1. The van der Waals surface area contributed by atoms with E-state index in [0.29, 0.717) is 30.9 Å². The predicted octanol–water partition coefficient (Wildman–Crippen LogP) is 2.85. The highest BCUT2D eigenvalue weighted by atomic mass is 32.2. The normalized spacial score (nSPS) is 18.2. The number of anilines is 1. The van der Waals surface area contributed by atoms with Crippen LogP contribution in [0.4, 0.5) is 5.69 Å². The van der Waals surface area contributed by atoms with Crippen LogP contribution in [0.15, 0.2) is 47.4 Å². The average molecular weight is 486 g/mol. The first kappa shape index (κ1) is 24.2. The molecule has 2 aromatic carbocycles. The minimum absolute atomic E-state index is 0.0815. The van der Waals surface area contributed by atoms with Gasteiger partial charge in [0, 0.05) is 38.7 Å². The molecule has 9 heteroatoms. The van der Waals surface area contributed by atoms with Crippen molar-refractivity contribution in [2.75, 3.05) is 18.0 Å². The SMILES string of the molecule is CC(=O)N1c2ccc(S(=O)(=O)N3CCCC3)cc2C[C@H]1C(=O)NCc1ccc(OC(C)C)cc1. The Balaban J connectivity index is 1.48. The van der Waals surface area contributed by atoms with Gasteiger partial charge in [0.25, 0.3) is 0 Å². The summed E-state index contributed by atoms with van der Waals surface area (Å²) in [5.41, 5.74) is 2.18. The lowest BCUT2D eigenvalue weighted by atomic mass is 10.1. The van der Waals surface area contributed by atoms with Gasteiger partial charge in [0.15, 0.2) is 0 Å². The molecule has 0 radical (unpaired) electrons. The maximum Gasteiger partial charge on any atom is 0.243 e. The van der Waals surface area contributed by atoms with Gasteiger partial charge in [0.05, 0.1) is 11.0 Å². The highest BCUT2D eigenvalue weighted by molar-refractivity contribution is 7.89. The van der Waals surface area contributed by atoms with Crippen molar-refractivity contribution in [1.82, 2.24) is 9.62 Å². The molecule has 1 N–H and O–H groups in total. The molecule has 0 saturated carbocycles. The van der Waals surface area contributed by atoms with Crippen molar-refractivity contribution >= 4 is 27.5 Å². The van der Waals surface area contributed by atoms with E-state index in [1.807, 2.05) is 38.1 Å². The number of benzene rings is 2. The first-order valence-corrected chi connectivity index (χ1v) is 13.1. The zero-order valence-electron chi connectivity index (χ0n) is 19.8. The summed E-state index contributed by atoms with van der Waals surface area (Å²) in [6.07, 6.45) is 2.07. The molecule has 0 spiro atoms. The smallest absolute Gasteiger partial charge is 0.243 e. The first-order valence-electron chi connectivity index (χ1n) is 11.6. The van der Waals surface area contributed by atoms with E-state index in [4.69, 9.17) is 4.74 Å². The Hall–Kier alpha value is -2.91. The lowest BCUT2D eigenvalue weighted by Crippen LogP contribution is -2.47. The lowest BCUT2D eigenvalue weighted by molar-refractivity contribution is -0.125. The fourth-order valence-electron chi connectivity index (χ4n) is 4.53. The lowest BCUT2D eigenvalue weighted by Gasteiger charge is -2.23. The summed E-state index contributed by atoms with van der Waals surface area (Å²) >= 11 is 0. The number of carbonyl (C=O) groups excluding carboxylic acids is 2. The van der Waals surface area contributed by atoms with Gasteiger partial charge in [0.2, 0.25) is 21.8 Å². The summed E-state index contributed by atoms with van der Waals surface area (Å²) in [6.45, 7) is 6.69. The summed E-state index contributed by atoms with van der Waals surface area (Å²) in [4.78, 5) is 27.1. The van der Waals surface area contributed by atoms with E-state index in [9.17, 15) is 18.0 Å². The van der Waals surface area contributed by atoms with Crippen molar-refractivity contribution in [3.8, 4) is 5.75 Å². The molecular weight excluding hydrogens is 454 g/mol. The topological polar surface area (TPSA) is 96.0 Å². The first-order chi connectivity index (χ1) is 16.2. The Bertz CT molecular complexity index is 1170. The van der Waals surface area contributed by atoms with E-state index in [2.05, 4.69) is 5.32 Å². The molecule has 1 fully saturated rings. The van der Waals surface area contributed by atoms with Crippen LogP contribution in [0.2, 0.25) is 0 Å². The van der Waals surface area contributed by atoms with Crippen LogP contribution in [0.25, 0.3) is 0 Å². The van der Waals surface area contributed by atoms with Crippen molar-refractivity contribution in [3.63, 3.8) is 0 Å². The summed E-state index contributed by atoms with van der Waals surface area (Å²) in [5.74, 6) is 0.223. The van der Waals surface area contributed by atoms with Gasteiger partial charge >= 0.3 is 0 Å². The average Bonchev–Trinajstić information content (AvgIpc) is 3.46. The quantitative estimate of drug-likeness (QED) is 0.651. The van der Waals surface area contributed by atoms with Gasteiger partial charge in [-0.3, -0.25) is 14.5 Å². The fraction of sp³-hybridized carbons (Fsp3) is 0.440. The monoisotopic (exact) mass is 485 g/mol. The molecule has 34 heavy (non-hydrogen) atoms. The van der Waals surface area contributed by atoms with Crippen molar-refractivity contribution in [2.45, 2.75) is 63.6 Å². The second-order valence-corrected chi connectivity index (χ2v) is 11.0. The van der Waals surface area contributed by atoms with Crippen molar-refractivity contribution in [1.29, 1.82) is 0 Å². The number of hydrogen-bond acceptors (Lipinski definition) is 5. The molecule has 1 atom stereocenters. The van der Waals surface area contributed by atoms with Crippen LogP contribution in [0.5, 0.6) is 5.75 Å². The number of sulfonamides is 1. The van der Waals surface area contributed by atoms with Crippen LogP contribution in [-0.4, -0.2) is 49.8 Å². The van der Waals surface area contributed by atoms with Gasteiger partial charge in [-0.05, 0) is 68.1 Å². The minimum Gasteiger partial charge on any atom is -0.491 e. The molecule has 0 unspecified atom stereocenters. The fourth-order valence-corrected chi connectivity index (χ4v) is 6.10. The third-order valence-corrected chi connectivity index (χ3v) is 8.04. The maximum absolute atomic E-state index is 13.0. The Morgan fingerprint density at radius 1 is 1.09 bits per heavy atom. The second-order valence-electron chi connectivity index (χ2n) is 9.04. The van der Waals surface area contributed by atoms with E-state index in [1.54, 1.807) is 12.1 Å². The summed E-state index contributed by atoms with van der Waals surface area (Å²) in [6, 6.07) is 11.6. The third kappa shape index (κ3) is 4.95. The highest BCUT2D eigenvalue weighted by Gasteiger charge is 2.38. The van der Waals surface area contributed by atoms with Gasteiger partial charge in [-0.1, -0.05) is 12.1 Å². The number of nitrogens with one attached hydrogen (secondary N) is 1. The molecule has 8 nitrogen and oxygen atoms in total. The number of nitrogens with zero attached hydrogens (tertiary/aromatic N) is 2. The number of carbonyl (C=O) groups is 2. The molecule has 182 valence electrons. The van der Waals surface area contributed by atoms with E-state index in [0.717, 1.165) is 24.2 Å². The van der Waals surface area contributed by atoms with Gasteiger partial charge in [-0.15, -0.1) is 0 Å². The van der Waals surface area contributed by atoms with Crippen LogP contribution < -0.4 is 15.0 Å². The molecule has 0 aromatic heterocycles. The zero-order valence-corrected chi connectivity index (χ0v) is 20.6. The van der Waals surface area contributed by atoms with Gasteiger partial charge < -0.3 is 10.1 Å². The van der Waals surface area contributed by atoms with Crippen molar-refractivity contribution in [2.24, 2.45) is 0 Å². The Labute approximate surface area is 200 Å². The van der Waals surface area contributed by atoms with Gasteiger partial charge in [-0.25, -0.2) is 8.42 Å². The Kier molecular flexibility index (Phi) is 6.95. The number of rotatable bonds is 7. The number of hydrogen-bond donors (Lipinski definition) is 1. The Morgan fingerprint density at radius 2 is 1.76 bits per heavy atom. The summed E-state index contributed by atoms with van der Waals surface area (Å²) < 4.78 is 33.1. The highest BCUT2D eigenvalue weighted by Crippen LogP contribution is 2.35. The molecule has 2 aliphatic rings. The van der Waals surface area contributed by atoms with Crippen LogP contribution in [0.1, 0.15) is 44.7 Å². The van der Waals surface area contributed by atoms with Gasteiger partial charge in [-0.2, -0.15) is 4.31 Å². The zero-order chi connectivity index (χ0) is 24.5. The van der Waals surface area contributed by atoms with E-state index >= 15 is 0 Å². The third-order valence-electron chi connectivity index (χ3n) is 6.14. The van der Waals surface area contributed by atoms with Crippen LogP contribution in [0.3, 0.4) is 0 Å². The van der Waals surface area contributed by atoms with E-state index in [1.165, 1.54) is 22.2 Å².